The van der Waals surface area contributed by atoms with Crippen LogP contribution in [0, 0.1) is 5.82 Å². The van der Waals surface area contributed by atoms with Gasteiger partial charge in [0, 0.05) is 0 Å². The lowest BCUT2D eigenvalue weighted by molar-refractivity contribution is 0.625. The molecular formula is C12H8ClFN4. The molecule has 0 atom stereocenters. The van der Waals surface area contributed by atoms with Crippen molar-refractivity contribution in [3.8, 4) is 0 Å². The number of aromatic nitrogens is 4. The van der Waals surface area contributed by atoms with Crippen molar-refractivity contribution < 1.29 is 4.39 Å². The van der Waals surface area contributed by atoms with Gasteiger partial charge in [-0.05, 0) is 17.7 Å². The van der Waals surface area contributed by atoms with Crippen LogP contribution >= 0.6 is 11.6 Å². The Kier molecular flexibility index (Phi) is 2.68. The number of halogens is 2. The van der Waals surface area contributed by atoms with Crippen molar-refractivity contribution in [3.63, 3.8) is 0 Å². The van der Waals surface area contributed by atoms with Crippen LogP contribution in [0.15, 0.2) is 36.8 Å². The van der Waals surface area contributed by atoms with Crippen LogP contribution < -0.4 is 0 Å². The lowest BCUT2D eigenvalue weighted by Crippen LogP contribution is -2.02. The van der Waals surface area contributed by atoms with Gasteiger partial charge in [-0.25, -0.2) is 19.0 Å². The molecule has 0 aliphatic rings. The highest BCUT2D eigenvalue weighted by Crippen LogP contribution is 2.19. The number of hydrogen-bond acceptors (Lipinski definition) is 3. The molecule has 0 spiro atoms. The van der Waals surface area contributed by atoms with Gasteiger partial charge in [-0.3, -0.25) is 0 Å². The van der Waals surface area contributed by atoms with Gasteiger partial charge >= 0.3 is 0 Å². The average Bonchev–Trinajstić information content (AvgIpc) is 2.77. The van der Waals surface area contributed by atoms with Crippen LogP contribution in [-0.4, -0.2) is 19.7 Å². The van der Waals surface area contributed by atoms with Crippen LogP contribution in [0.5, 0.6) is 0 Å². The maximum atomic E-state index is 12.8. The average molecular weight is 263 g/mol. The second-order valence-electron chi connectivity index (χ2n) is 3.83. The molecule has 2 aromatic heterocycles. The summed E-state index contributed by atoms with van der Waals surface area (Å²) in [4.78, 5) is 8.04. The molecule has 0 aliphatic heterocycles. The van der Waals surface area contributed by atoms with Gasteiger partial charge in [-0.15, -0.1) is 0 Å². The van der Waals surface area contributed by atoms with Crippen LogP contribution in [0.25, 0.3) is 11.0 Å². The van der Waals surface area contributed by atoms with Crippen molar-refractivity contribution >= 4 is 22.6 Å². The minimum absolute atomic E-state index is 0.255. The molecule has 0 fully saturated rings. The molecule has 3 aromatic rings. The monoisotopic (exact) mass is 262 g/mol. The van der Waals surface area contributed by atoms with Crippen molar-refractivity contribution in [2.24, 2.45) is 0 Å². The first-order valence-corrected chi connectivity index (χ1v) is 5.68. The van der Waals surface area contributed by atoms with E-state index in [0.29, 0.717) is 22.7 Å². The number of hydrogen-bond donors (Lipinski definition) is 0. The van der Waals surface area contributed by atoms with Gasteiger partial charge in [-0.1, -0.05) is 23.7 Å². The molecule has 0 saturated carbocycles. The zero-order valence-corrected chi connectivity index (χ0v) is 9.97. The zero-order chi connectivity index (χ0) is 12.5. The Balaban J connectivity index is 2.00. The van der Waals surface area contributed by atoms with E-state index in [1.807, 2.05) is 0 Å². The predicted molar refractivity (Wildman–Crippen MR) is 65.8 cm³/mol. The highest BCUT2D eigenvalue weighted by Gasteiger charge is 2.08. The van der Waals surface area contributed by atoms with E-state index < -0.39 is 0 Å². The summed E-state index contributed by atoms with van der Waals surface area (Å²) < 4.78 is 14.5. The van der Waals surface area contributed by atoms with Gasteiger partial charge in [0.05, 0.1) is 18.1 Å². The molecule has 4 nitrogen and oxygen atoms in total. The smallest absolute Gasteiger partial charge is 0.162 e. The molecule has 1 aromatic carbocycles. The first-order chi connectivity index (χ1) is 8.74. The largest absolute Gasteiger partial charge is 0.243 e. The van der Waals surface area contributed by atoms with E-state index in [4.69, 9.17) is 11.6 Å². The number of rotatable bonds is 2. The van der Waals surface area contributed by atoms with Gasteiger partial charge < -0.3 is 0 Å². The normalized spacial score (nSPS) is 11.0. The molecule has 0 saturated heterocycles. The van der Waals surface area contributed by atoms with Crippen LogP contribution in [0.3, 0.4) is 0 Å². The van der Waals surface area contributed by atoms with Gasteiger partial charge in [0.2, 0.25) is 0 Å². The molecule has 2 heterocycles. The van der Waals surface area contributed by atoms with Crippen molar-refractivity contribution in [2.75, 3.05) is 0 Å². The summed E-state index contributed by atoms with van der Waals surface area (Å²) in [5.74, 6) is -0.255. The topological polar surface area (TPSA) is 43.6 Å². The quantitative estimate of drug-likeness (QED) is 0.667. The third kappa shape index (κ3) is 1.93. The number of nitrogens with zero attached hydrogens (tertiary/aromatic N) is 4. The summed E-state index contributed by atoms with van der Waals surface area (Å²) >= 11 is 5.94. The fourth-order valence-corrected chi connectivity index (χ4v) is 1.92. The fraction of sp³-hybridized carbons (Fsp3) is 0.0833. The van der Waals surface area contributed by atoms with E-state index in [-0.39, 0.29) is 5.82 Å². The van der Waals surface area contributed by atoms with Crippen molar-refractivity contribution in [1.82, 2.24) is 19.7 Å². The van der Waals surface area contributed by atoms with Crippen molar-refractivity contribution in [3.05, 3.63) is 53.3 Å². The summed E-state index contributed by atoms with van der Waals surface area (Å²) in [6.45, 7) is 0.511. The Hall–Kier alpha value is -2.01. The van der Waals surface area contributed by atoms with E-state index in [0.717, 1.165) is 5.56 Å². The van der Waals surface area contributed by atoms with Gasteiger partial charge in [0.15, 0.2) is 5.65 Å². The Labute approximate surface area is 107 Å². The Bertz CT molecular complexity index is 693. The maximum absolute atomic E-state index is 12.8. The fourth-order valence-electron chi connectivity index (χ4n) is 1.74. The maximum Gasteiger partial charge on any atom is 0.162 e. The van der Waals surface area contributed by atoms with Crippen molar-refractivity contribution in [1.29, 1.82) is 0 Å². The molecule has 3 rings (SSSR count). The first-order valence-electron chi connectivity index (χ1n) is 5.30. The third-order valence-corrected chi connectivity index (χ3v) is 2.93. The standard InChI is InChI=1S/C12H8ClFN4/c13-11-10-5-17-18(12(10)16-7-15-11)6-8-1-3-9(14)4-2-8/h1-5,7H,6H2. The first kappa shape index (κ1) is 11.1. The van der Waals surface area contributed by atoms with Gasteiger partial charge in [0.1, 0.15) is 17.3 Å². The van der Waals surface area contributed by atoms with Crippen molar-refractivity contribution in [2.45, 2.75) is 6.54 Å². The van der Waals surface area contributed by atoms with E-state index in [2.05, 4.69) is 15.1 Å². The molecule has 0 N–H and O–H groups in total. The second kappa shape index (κ2) is 4.34. The summed E-state index contributed by atoms with van der Waals surface area (Å²) in [7, 11) is 0. The summed E-state index contributed by atoms with van der Waals surface area (Å²) in [6.07, 6.45) is 3.02. The zero-order valence-electron chi connectivity index (χ0n) is 9.22. The molecule has 0 aliphatic carbocycles. The summed E-state index contributed by atoms with van der Waals surface area (Å²) in [5.41, 5.74) is 1.61. The number of fused-ring (bicyclic) bond motifs is 1. The molecule has 0 bridgehead atoms. The molecule has 6 heteroatoms. The minimum atomic E-state index is -0.255. The molecule has 0 unspecified atom stereocenters. The molecule has 0 radical (unpaired) electrons. The minimum Gasteiger partial charge on any atom is -0.243 e. The molecular weight excluding hydrogens is 255 g/mol. The highest BCUT2D eigenvalue weighted by molar-refractivity contribution is 6.33. The van der Waals surface area contributed by atoms with Crippen LogP contribution in [0.4, 0.5) is 4.39 Å². The van der Waals surface area contributed by atoms with E-state index in [1.54, 1.807) is 23.0 Å². The SMILES string of the molecule is Fc1ccc(Cn2ncc3c(Cl)ncnc32)cc1. The summed E-state index contributed by atoms with van der Waals surface area (Å²) in [5, 5.41) is 5.30. The highest BCUT2D eigenvalue weighted by atomic mass is 35.5. The third-order valence-electron chi connectivity index (χ3n) is 2.63. The van der Waals surface area contributed by atoms with Crippen LogP contribution in [-0.2, 0) is 6.54 Å². The lowest BCUT2D eigenvalue weighted by Gasteiger charge is -2.03. The molecule has 90 valence electrons. The predicted octanol–water partition coefficient (Wildman–Crippen LogP) is 2.67. The Morgan fingerprint density at radius 1 is 1.17 bits per heavy atom. The Morgan fingerprint density at radius 3 is 2.72 bits per heavy atom. The molecule has 0 amide bonds. The second-order valence-corrected chi connectivity index (χ2v) is 4.19. The van der Waals surface area contributed by atoms with E-state index in [1.165, 1.54) is 18.5 Å². The lowest BCUT2D eigenvalue weighted by atomic mass is 10.2. The van der Waals surface area contributed by atoms with E-state index in [9.17, 15) is 4.39 Å². The number of benzene rings is 1. The Morgan fingerprint density at radius 2 is 1.94 bits per heavy atom. The van der Waals surface area contributed by atoms with Crippen LogP contribution in [0.2, 0.25) is 5.15 Å². The van der Waals surface area contributed by atoms with Crippen LogP contribution in [0.1, 0.15) is 5.56 Å². The molecule has 18 heavy (non-hydrogen) atoms. The summed E-state index contributed by atoms with van der Waals surface area (Å²) in [6, 6.07) is 6.27. The van der Waals surface area contributed by atoms with E-state index >= 15 is 0 Å². The van der Waals surface area contributed by atoms with Gasteiger partial charge in [0.25, 0.3) is 0 Å². The van der Waals surface area contributed by atoms with Gasteiger partial charge in [-0.2, -0.15) is 5.10 Å².